The molecule has 1 aliphatic heterocycles. The molecule has 0 aliphatic carbocycles. The third-order valence-corrected chi connectivity index (χ3v) is 3.20. The Morgan fingerprint density at radius 3 is 2.85 bits per heavy atom. The summed E-state index contributed by atoms with van der Waals surface area (Å²) >= 11 is 0. The maximum atomic E-state index is 5.30. The molecule has 7 nitrogen and oxygen atoms in total. The van der Waals surface area contributed by atoms with Crippen LogP contribution >= 0.6 is 0 Å². The summed E-state index contributed by atoms with van der Waals surface area (Å²) in [6.45, 7) is 4.83. The molecule has 0 aromatic carbocycles. The van der Waals surface area contributed by atoms with Gasteiger partial charge in [0.1, 0.15) is 11.4 Å². The van der Waals surface area contributed by atoms with Crippen LogP contribution in [0.4, 0.5) is 5.95 Å². The van der Waals surface area contributed by atoms with E-state index in [-0.39, 0.29) is 0 Å². The number of rotatable bonds is 3. The van der Waals surface area contributed by atoms with Crippen molar-refractivity contribution in [3.63, 3.8) is 0 Å². The predicted molar refractivity (Wildman–Crippen MR) is 71.9 cm³/mol. The smallest absolute Gasteiger partial charge is 0.278 e. The van der Waals surface area contributed by atoms with Crippen molar-refractivity contribution in [3.05, 3.63) is 17.8 Å². The van der Waals surface area contributed by atoms with Crippen molar-refractivity contribution >= 4 is 5.95 Å². The minimum absolute atomic E-state index is 0.393. The summed E-state index contributed by atoms with van der Waals surface area (Å²) in [5.74, 6) is 1.72. The zero-order chi connectivity index (χ0) is 13.9. The second-order valence-corrected chi connectivity index (χ2v) is 4.54. The highest BCUT2D eigenvalue weighted by atomic mass is 16.5. The van der Waals surface area contributed by atoms with Gasteiger partial charge in [0.25, 0.3) is 11.8 Å². The molecular weight excluding hydrogens is 260 g/mol. The molecule has 0 amide bonds. The topological polar surface area (TPSA) is 73.5 Å². The molecule has 2 aromatic rings. The highest BCUT2D eigenvalue weighted by molar-refractivity contribution is 5.53. The summed E-state index contributed by atoms with van der Waals surface area (Å²) in [6.07, 6.45) is 1.73. The zero-order valence-corrected chi connectivity index (χ0v) is 11.5. The molecule has 20 heavy (non-hydrogen) atoms. The van der Waals surface area contributed by atoms with Gasteiger partial charge in [-0.05, 0) is 12.1 Å². The van der Waals surface area contributed by atoms with Gasteiger partial charge < -0.3 is 18.9 Å². The quantitative estimate of drug-likeness (QED) is 0.836. The molecule has 7 heteroatoms. The molecule has 1 fully saturated rings. The Morgan fingerprint density at radius 1 is 1.30 bits per heavy atom. The van der Waals surface area contributed by atoms with Crippen molar-refractivity contribution in [1.82, 2.24) is 15.1 Å². The molecule has 3 heterocycles. The third-order valence-electron chi connectivity index (χ3n) is 3.20. The molecule has 0 spiro atoms. The average Bonchev–Trinajstić information content (AvgIpc) is 2.98. The standard InChI is InChI=1S/C13H16N4O3/c1-9-8-14-10(7-11(9)18-2)12-15-13(16-20-12)17-3-5-19-6-4-17/h7-8H,3-6H2,1-2H3. The predicted octanol–water partition coefficient (Wildman–Crippen LogP) is 1.29. The van der Waals surface area contributed by atoms with Crippen LogP contribution in [0, 0.1) is 6.92 Å². The number of aromatic nitrogens is 3. The second kappa shape index (κ2) is 5.46. The van der Waals surface area contributed by atoms with Gasteiger partial charge in [-0.25, -0.2) is 0 Å². The average molecular weight is 276 g/mol. The van der Waals surface area contributed by atoms with E-state index in [0.29, 0.717) is 30.7 Å². The normalized spacial score (nSPS) is 15.4. The van der Waals surface area contributed by atoms with Crippen molar-refractivity contribution < 1.29 is 14.0 Å². The van der Waals surface area contributed by atoms with E-state index >= 15 is 0 Å². The highest BCUT2D eigenvalue weighted by Crippen LogP contribution is 2.24. The Labute approximate surface area is 116 Å². The first-order valence-corrected chi connectivity index (χ1v) is 6.45. The second-order valence-electron chi connectivity index (χ2n) is 4.54. The minimum Gasteiger partial charge on any atom is -0.496 e. The summed E-state index contributed by atoms with van der Waals surface area (Å²) < 4.78 is 15.9. The van der Waals surface area contributed by atoms with Crippen LogP contribution in [0.3, 0.4) is 0 Å². The number of anilines is 1. The SMILES string of the molecule is COc1cc(-c2nc(N3CCOCC3)no2)ncc1C. The molecule has 0 bridgehead atoms. The first-order chi connectivity index (χ1) is 9.78. The van der Waals surface area contributed by atoms with Gasteiger partial charge in [-0.2, -0.15) is 4.98 Å². The fourth-order valence-electron chi connectivity index (χ4n) is 2.05. The molecule has 0 radical (unpaired) electrons. The van der Waals surface area contributed by atoms with E-state index in [1.54, 1.807) is 19.4 Å². The van der Waals surface area contributed by atoms with E-state index in [1.165, 1.54) is 0 Å². The molecule has 2 aromatic heterocycles. The first kappa shape index (κ1) is 12.9. The Balaban J connectivity index is 1.85. The maximum absolute atomic E-state index is 5.30. The summed E-state index contributed by atoms with van der Waals surface area (Å²) in [4.78, 5) is 10.7. The van der Waals surface area contributed by atoms with Gasteiger partial charge in [0.05, 0.1) is 20.3 Å². The van der Waals surface area contributed by atoms with Crippen LogP contribution in [-0.2, 0) is 4.74 Å². The van der Waals surface area contributed by atoms with E-state index in [4.69, 9.17) is 14.0 Å². The number of aryl methyl sites for hydroxylation is 1. The van der Waals surface area contributed by atoms with Crippen molar-refractivity contribution in [2.75, 3.05) is 38.3 Å². The molecule has 0 unspecified atom stereocenters. The lowest BCUT2D eigenvalue weighted by molar-refractivity contribution is 0.121. The van der Waals surface area contributed by atoms with E-state index in [0.717, 1.165) is 24.4 Å². The molecule has 0 saturated carbocycles. The third kappa shape index (κ3) is 2.44. The Kier molecular flexibility index (Phi) is 3.51. The van der Waals surface area contributed by atoms with Gasteiger partial charge in [0.2, 0.25) is 0 Å². The molecule has 3 rings (SSSR count). The largest absolute Gasteiger partial charge is 0.496 e. The lowest BCUT2D eigenvalue weighted by Crippen LogP contribution is -2.36. The van der Waals surface area contributed by atoms with Crippen molar-refractivity contribution in [2.24, 2.45) is 0 Å². The van der Waals surface area contributed by atoms with Gasteiger partial charge in [-0.1, -0.05) is 0 Å². The first-order valence-electron chi connectivity index (χ1n) is 6.45. The summed E-state index contributed by atoms with van der Waals surface area (Å²) in [5.41, 5.74) is 1.57. The van der Waals surface area contributed by atoms with Gasteiger partial charge in [-0.15, -0.1) is 0 Å². The lowest BCUT2D eigenvalue weighted by atomic mass is 10.2. The Bertz CT molecular complexity index is 593. The van der Waals surface area contributed by atoms with Gasteiger partial charge >= 0.3 is 0 Å². The van der Waals surface area contributed by atoms with E-state index in [9.17, 15) is 0 Å². The van der Waals surface area contributed by atoms with Crippen molar-refractivity contribution in [3.8, 4) is 17.3 Å². The van der Waals surface area contributed by atoms with Gasteiger partial charge in [0, 0.05) is 30.9 Å². The number of nitrogens with zero attached hydrogens (tertiary/aromatic N) is 4. The van der Waals surface area contributed by atoms with Crippen LogP contribution < -0.4 is 9.64 Å². The molecule has 106 valence electrons. The fraction of sp³-hybridized carbons (Fsp3) is 0.462. The molecular formula is C13H16N4O3. The fourth-order valence-corrected chi connectivity index (χ4v) is 2.05. The van der Waals surface area contributed by atoms with E-state index < -0.39 is 0 Å². The maximum Gasteiger partial charge on any atom is 0.278 e. The number of hydrogen-bond donors (Lipinski definition) is 0. The van der Waals surface area contributed by atoms with Crippen molar-refractivity contribution in [1.29, 1.82) is 0 Å². The summed E-state index contributed by atoms with van der Waals surface area (Å²) in [5, 5.41) is 4.00. The molecule has 1 saturated heterocycles. The van der Waals surface area contributed by atoms with Crippen LogP contribution in [0.5, 0.6) is 5.75 Å². The van der Waals surface area contributed by atoms with Crippen LogP contribution in [0.2, 0.25) is 0 Å². The van der Waals surface area contributed by atoms with Crippen LogP contribution in [0.1, 0.15) is 5.56 Å². The van der Waals surface area contributed by atoms with Crippen LogP contribution in [0.15, 0.2) is 16.8 Å². The number of pyridine rings is 1. The highest BCUT2D eigenvalue weighted by Gasteiger charge is 2.18. The van der Waals surface area contributed by atoms with Crippen LogP contribution in [-0.4, -0.2) is 48.5 Å². The van der Waals surface area contributed by atoms with Gasteiger partial charge in [-0.3, -0.25) is 4.98 Å². The minimum atomic E-state index is 0.393. The monoisotopic (exact) mass is 276 g/mol. The summed E-state index contributed by atoms with van der Waals surface area (Å²) in [7, 11) is 1.62. The molecule has 0 atom stereocenters. The number of morpholine rings is 1. The van der Waals surface area contributed by atoms with E-state index in [2.05, 4.69) is 15.1 Å². The zero-order valence-electron chi connectivity index (χ0n) is 11.5. The lowest BCUT2D eigenvalue weighted by Gasteiger charge is -2.24. The Morgan fingerprint density at radius 2 is 2.10 bits per heavy atom. The number of hydrogen-bond acceptors (Lipinski definition) is 7. The number of ether oxygens (including phenoxy) is 2. The van der Waals surface area contributed by atoms with Crippen LogP contribution in [0.25, 0.3) is 11.6 Å². The molecule has 0 N–H and O–H groups in total. The number of methoxy groups -OCH3 is 1. The summed E-state index contributed by atoms with van der Waals surface area (Å²) in [6, 6.07) is 1.80. The van der Waals surface area contributed by atoms with Crippen molar-refractivity contribution in [2.45, 2.75) is 6.92 Å². The Hall–Kier alpha value is -2.15. The van der Waals surface area contributed by atoms with Gasteiger partial charge in [0.15, 0.2) is 0 Å². The molecule has 1 aliphatic rings. The van der Waals surface area contributed by atoms with E-state index in [1.807, 2.05) is 11.8 Å².